The highest BCUT2D eigenvalue weighted by molar-refractivity contribution is 4.84. The van der Waals surface area contributed by atoms with E-state index in [9.17, 15) is 0 Å². The number of piperidine rings is 1. The molecule has 2 rings (SSSR count). The van der Waals surface area contributed by atoms with E-state index < -0.39 is 0 Å². The first-order valence-corrected chi connectivity index (χ1v) is 6.35. The predicted octanol–water partition coefficient (Wildman–Crippen LogP) is 1.86. The van der Waals surface area contributed by atoms with Crippen LogP contribution < -0.4 is 5.32 Å². The molecule has 0 saturated carbocycles. The fourth-order valence-electron chi connectivity index (χ4n) is 3.01. The second-order valence-electron chi connectivity index (χ2n) is 4.92. The lowest BCUT2D eigenvalue weighted by Gasteiger charge is -2.31. The van der Waals surface area contributed by atoms with Crippen LogP contribution in [0.3, 0.4) is 0 Å². The molecular formula is C12H24N2. The van der Waals surface area contributed by atoms with Crippen molar-refractivity contribution < 1.29 is 0 Å². The van der Waals surface area contributed by atoms with E-state index >= 15 is 0 Å². The van der Waals surface area contributed by atoms with Gasteiger partial charge in [0.2, 0.25) is 0 Å². The van der Waals surface area contributed by atoms with Gasteiger partial charge in [0.15, 0.2) is 0 Å². The molecule has 0 aliphatic carbocycles. The van der Waals surface area contributed by atoms with Gasteiger partial charge in [-0.15, -0.1) is 0 Å². The molecule has 82 valence electrons. The summed E-state index contributed by atoms with van der Waals surface area (Å²) < 4.78 is 0. The van der Waals surface area contributed by atoms with Gasteiger partial charge in [-0.2, -0.15) is 0 Å². The van der Waals surface area contributed by atoms with Crippen LogP contribution in [0, 0.1) is 5.92 Å². The van der Waals surface area contributed by atoms with Gasteiger partial charge >= 0.3 is 0 Å². The van der Waals surface area contributed by atoms with Crippen LogP contribution in [0.15, 0.2) is 0 Å². The minimum absolute atomic E-state index is 0.901. The zero-order chi connectivity index (χ0) is 9.80. The van der Waals surface area contributed by atoms with Gasteiger partial charge in [0.25, 0.3) is 0 Å². The van der Waals surface area contributed by atoms with Crippen molar-refractivity contribution in [3.8, 4) is 0 Å². The molecule has 0 bridgehead atoms. The molecule has 2 nitrogen and oxygen atoms in total. The molecular weight excluding hydrogens is 172 g/mol. The quantitative estimate of drug-likeness (QED) is 0.741. The van der Waals surface area contributed by atoms with E-state index in [1.807, 2.05) is 0 Å². The van der Waals surface area contributed by atoms with Gasteiger partial charge in [0.1, 0.15) is 0 Å². The highest BCUT2D eigenvalue weighted by Gasteiger charge is 2.28. The second-order valence-corrected chi connectivity index (χ2v) is 4.92. The Hall–Kier alpha value is -0.0800. The molecule has 2 aliphatic rings. The lowest BCUT2D eigenvalue weighted by Crippen LogP contribution is -2.41. The molecule has 2 heterocycles. The molecule has 0 radical (unpaired) electrons. The molecule has 1 atom stereocenters. The summed E-state index contributed by atoms with van der Waals surface area (Å²) in [5, 5.41) is 3.45. The Morgan fingerprint density at radius 3 is 2.71 bits per heavy atom. The van der Waals surface area contributed by atoms with Crippen LogP contribution in [0.2, 0.25) is 0 Å². The summed E-state index contributed by atoms with van der Waals surface area (Å²) in [6.07, 6.45) is 7.02. The smallest absolute Gasteiger partial charge is 0.0119 e. The van der Waals surface area contributed by atoms with Gasteiger partial charge in [-0.05, 0) is 51.2 Å². The average Bonchev–Trinajstić information content (AvgIpc) is 2.68. The molecule has 1 N–H and O–H groups in total. The number of hydrogen-bond acceptors (Lipinski definition) is 2. The number of likely N-dealkylation sites (tertiary alicyclic amines) is 1. The van der Waals surface area contributed by atoms with Gasteiger partial charge in [-0.3, -0.25) is 0 Å². The summed E-state index contributed by atoms with van der Waals surface area (Å²) in [5.74, 6) is 1.01. The fourth-order valence-corrected chi connectivity index (χ4v) is 3.01. The summed E-state index contributed by atoms with van der Waals surface area (Å²) in [6.45, 7) is 7.54. The van der Waals surface area contributed by atoms with Crippen LogP contribution in [0.25, 0.3) is 0 Å². The van der Waals surface area contributed by atoms with E-state index in [1.165, 1.54) is 58.3 Å². The fraction of sp³-hybridized carbons (Fsp3) is 1.00. The molecule has 0 aromatic rings. The topological polar surface area (TPSA) is 15.3 Å². The first kappa shape index (κ1) is 10.4. The molecule has 14 heavy (non-hydrogen) atoms. The summed E-state index contributed by atoms with van der Waals surface area (Å²) in [5.41, 5.74) is 0. The van der Waals surface area contributed by atoms with Crippen molar-refractivity contribution in [2.24, 2.45) is 5.92 Å². The molecule has 0 amide bonds. The molecule has 2 saturated heterocycles. The van der Waals surface area contributed by atoms with Gasteiger partial charge in [0, 0.05) is 12.6 Å². The Balaban J connectivity index is 1.76. The van der Waals surface area contributed by atoms with Crippen molar-refractivity contribution in [2.45, 2.75) is 45.1 Å². The Bertz CT molecular complexity index is 164. The number of nitrogens with one attached hydrogen (secondary N) is 1. The van der Waals surface area contributed by atoms with Crippen LogP contribution >= 0.6 is 0 Å². The maximum Gasteiger partial charge on any atom is 0.0119 e. The number of nitrogens with zero attached hydrogens (tertiary/aromatic N) is 1. The molecule has 2 heteroatoms. The third-order valence-corrected chi connectivity index (χ3v) is 3.84. The van der Waals surface area contributed by atoms with Gasteiger partial charge in [-0.1, -0.05) is 13.3 Å². The van der Waals surface area contributed by atoms with E-state index in [0.717, 1.165) is 12.0 Å². The van der Waals surface area contributed by atoms with Crippen molar-refractivity contribution >= 4 is 0 Å². The van der Waals surface area contributed by atoms with E-state index in [1.54, 1.807) is 0 Å². The summed E-state index contributed by atoms with van der Waals surface area (Å²) >= 11 is 0. The maximum atomic E-state index is 3.45. The molecule has 0 spiro atoms. The predicted molar refractivity (Wildman–Crippen MR) is 60.5 cm³/mol. The minimum atomic E-state index is 0.901. The molecule has 2 fully saturated rings. The normalized spacial score (nSPS) is 31.1. The Kier molecular flexibility index (Phi) is 3.82. The van der Waals surface area contributed by atoms with Crippen LogP contribution in [0.4, 0.5) is 0 Å². The molecule has 0 aromatic carbocycles. The lowest BCUT2D eigenvalue weighted by molar-refractivity contribution is 0.191. The van der Waals surface area contributed by atoms with Crippen LogP contribution in [-0.4, -0.2) is 37.1 Å². The second kappa shape index (κ2) is 5.13. The monoisotopic (exact) mass is 196 g/mol. The SMILES string of the molecule is CCCC1CCN(C2CCNCC2)C1. The van der Waals surface area contributed by atoms with Crippen molar-refractivity contribution in [3.05, 3.63) is 0 Å². The maximum absolute atomic E-state index is 3.45. The molecule has 2 aliphatic heterocycles. The van der Waals surface area contributed by atoms with Crippen LogP contribution in [-0.2, 0) is 0 Å². The van der Waals surface area contributed by atoms with Gasteiger partial charge in [0.05, 0.1) is 0 Å². The van der Waals surface area contributed by atoms with Crippen LogP contribution in [0.5, 0.6) is 0 Å². The Labute approximate surface area is 88.1 Å². The summed E-state index contributed by atoms with van der Waals surface area (Å²) in [6, 6.07) is 0.901. The van der Waals surface area contributed by atoms with Crippen molar-refractivity contribution in [2.75, 3.05) is 26.2 Å². The minimum Gasteiger partial charge on any atom is -0.317 e. The first-order valence-electron chi connectivity index (χ1n) is 6.35. The zero-order valence-corrected chi connectivity index (χ0v) is 9.47. The molecule has 1 unspecified atom stereocenters. The summed E-state index contributed by atoms with van der Waals surface area (Å²) in [4.78, 5) is 2.75. The van der Waals surface area contributed by atoms with E-state index in [4.69, 9.17) is 0 Å². The third kappa shape index (κ3) is 2.48. The van der Waals surface area contributed by atoms with Gasteiger partial charge < -0.3 is 10.2 Å². The Morgan fingerprint density at radius 1 is 1.21 bits per heavy atom. The van der Waals surface area contributed by atoms with Crippen molar-refractivity contribution in [1.82, 2.24) is 10.2 Å². The summed E-state index contributed by atoms with van der Waals surface area (Å²) in [7, 11) is 0. The standard InChI is InChI=1S/C12H24N2/c1-2-3-11-6-9-14(10-11)12-4-7-13-8-5-12/h11-13H,2-10H2,1H3. The van der Waals surface area contributed by atoms with E-state index in [0.29, 0.717) is 0 Å². The van der Waals surface area contributed by atoms with Gasteiger partial charge in [-0.25, -0.2) is 0 Å². The number of rotatable bonds is 3. The van der Waals surface area contributed by atoms with Crippen molar-refractivity contribution in [1.29, 1.82) is 0 Å². The largest absolute Gasteiger partial charge is 0.317 e. The first-order chi connectivity index (χ1) is 6.90. The average molecular weight is 196 g/mol. The lowest BCUT2D eigenvalue weighted by atomic mass is 10.0. The van der Waals surface area contributed by atoms with E-state index in [-0.39, 0.29) is 0 Å². The van der Waals surface area contributed by atoms with Crippen molar-refractivity contribution in [3.63, 3.8) is 0 Å². The van der Waals surface area contributed by atoms with Crippen LogP contribution in [0.1, 0.15) is 39.0 Å². The molecule has 0 aromatic heterocycles. The highest BCUT2D eigenvalue weighted by atomic mass is 15.2. The highest BCUT2D eigenvalue weighted by Crippen LogP contribution is 2.25. The van der Waals surface area contributed by atoms with E-state index in [2.05, 4.69) is 17.1 Å². The zero-order valence-electron chi connectivity index (χ0n) is 9.47. The Morgan fingerprint density at radius 2 is 2.00 bits per heavy atom. The number of hydrogen-bond donors (Lipinski definition) is 1. The third-order valence-electron chi connectivity index (χ3n) is 3.84.